The van der Waals surface area contributed by atoms with Crippen LogP contribution in [-0.4, -0.2) is 19.0 Å². The van der Waals surface area contributed by atoms with Crippen molar-refractivity contribution in [2.75, 3.05) is 18.4 Å². The van der Waals surface area contributed by atoms with E-state index in [0.29, 0.717) is 0 Å². The summed E-state index contributed by atoms with van der Waals surface area (Å²) in [4.78, 5) is 12.9. The van der Waals surface area contributed by atoms with Crippen LogP contribution in [0.2, 0.25) is 0 Å². The number of piperidine rings is 1. The summed E-state index contributed by atoms with van der Waals surface area (Å²) in [6.07, 6.45) is 3.96. The van der Waals surface area contributed by atoms with Gasteiger partial charge in [-0.25, -0.2) is 0 Å². The maximum absolute atomic E-state index is 12.9. The van der Waals surface area contributed by atoms with E-state index in [-0.39, 0.29) is 11.3 Å². The molecule has 3 nitrogen and oxygen atoms in total. The third-order valence-electron chi connectivity index (χ3n) is 4.11. The summed E-state index contributed by atoms with van der Waals surface area (Å²) < 4.78 is 1.83. The van der Waals surface area contributed by atoms with Gasteiger partial charge in [0.25, 0.3) is 0 Å². The largest absolute Gasteiger partial charge is 0.324 e. The van der Waals surface area contributed by atoms with Gasteiger partial charge in [0.2, 0.25) is 5.91 Å². The summed E-state index contributed by atoms with van der Waals surface area (Å²) in [7, 11) is 0. The number of aryl methyl sites for hydroxylation is 1. The Balaban J connectivity index is 2.23. The van der Waals surface area contributed by atoms with Crippen molar-refractivity contribution in [1.82, 2.24) is 5.32 Å². The fourth-order valence-electron chi connectivity index (χ4n) is 3.03. The number of halogens is 2. The average molecular weight is 418 g/mol. The first-order valence-electron chi connectivity index (χ1n) is 7.46. The van der Waals surface area contributed by atoms with Crippen molar-refractivity contribution in [3.05, 3.63) is 26.6 Å². The number of rotatable bonds is 4. The number of carbonyl (C=O) groups is 1. The molecule has 1 aliphatic rings. The molecule has 0 saturated carbocycles. The SMILES string of the molecule is CCCC1(C(=O)Nc2c(Br)cc(C)cc2Br)CCCNC1. The van der Waals surface area contributed by atoms with Crippen LogP contribution in [0, 0.1) is 12.3 Å². The van der Waals surface area contributed by atoms with Crippen molar-refractivity contribution >= 4 is 43.5 Å². The van der Waals surface area contributed by atoms with E-state index in [2.05, 4.69) is 49.4 Å². The third-order valence-corrected chi connectivity index (χ3v) is 5.36. The lowest BCUT2D eigenvalue weighted by Gasteiger charge is -2.36. The number of nitrogens with one attached hydrogen (secondary N) is 2. The monoisotopic (exact) mass is 416 g/mol. The molecule has 1 atom stereocenters. The van der Waals surface area contributed by atoms with Gasteiger partial charge in [-0.2, -0.15) is 0 Å². The molecule has 1 fully saturated rings. The Hall–Kier alpha value is -0.390. The van der Waals surface area contributed by atoms with Gasteiger partial charge in [-0.15, -0.1) is 0 Å². The highest BCUT2D eigenvalue weighted by Crippen LogP contribution is 2.37. The van der Waals surface area contributed by atoms with Crippen molar-refractivity contribution in [2.45, 2.75) is 39.5 Å². The Kier molecular flexibility index (Phi) is 5.86. The van der Waals surface area contributed by atoms with E-state index in [9.17, 15) is 4.79 Å². The van der Waals surface area contributed by atoms with Crippen molar-refractivity contribution in [1.29, 1.82) is 0 Å². The molecule has 0 aromatic heterocycles. The van der Waals surface area contributed by atoms with Crippen LogP contribution in [-0.2, 0) is 4.79 Å². The Morgan fingerprint density at radius 2 is 2.05 bits per heavy atom. The van der Waals surface area contributed by atoms with Gasteiger partial charge in [0.15, 0.2) is 0 Å². The molecule has 5 heteroatoms. The number of hydrogen-bond donors (Lipinski definition) is 2. The number of carbonyl (C=O) groups excluding carboxylic acids is 1. The van der Waals surface area contributed by atoms with Crippen LogP contribution in [0.15, 0.2) is 21.1 Å². The molecule has 1 amide bonds. The van der Waals surface area contributed by atoms with E-state index in [1.807, 2.05) is 19.1 Å². The lowest BCUT2D eigenvalue weighted by molar-refractivity contribution is -0.127. The second-order valence-corrected chi connectivity index (χ2v) is 7.58. The summed E-state index contributed by atoms with van der Waals surface area (Å²) in [6.45, 7) is 5.95. The van der Waals surface area contributed by atoms with Gasteiger partial charge in [0.05, 0.1) is 11.1 Å². The smallest absolute Gasteiger partial charge is 0.231 e. The number of anilines is 1. The quantitative estimate of drug-likeness (QED) is 0.749. The Morgan fingerprint density at radius 1 is 1.38 bits per heavy atom. The van der Waals surface area contributed by atoms with Crippen LogP contribution in [0.3, 0.4) is 0 Å². The molecule has 1 aromatic rings. The van der Waals surface area contributed by atoms with E-state index in [4.69, 9.17) is 0 Å². The lowest BCUT2D eigenvalue weighted by Crippen LogP contribution is -2.48. The first-order chi connectivity index (χ1) is 9.98. The minimum absolute atomic E-state index is 0.127. The van der Waals surface area contributed by atoms with Crippen LogP contribution in [0.25, 0.3) is 0 Å². The molecule has 1 aromatic carbocycles. The second-order valence-electron chi connectivity index (χ2n) is 5.87. The molecule has 0 spiro atoms. The Bertz CT molecular complexity index is 496. The molecule has 2 N–H and O–H groups in total. The molecule has 0 aliphatic carbocycles. The topological polar surface area (TPSA) is 41.1 Å². The Labute approximate surface area is 143 Å². The van der Waals surface area contributed by atoms with Crippen molar-refractivity contribution in [3.8, 4) is 0 Å². The normalized spacial score (nSPS) is 22.1. The highest BCUT2D eigenvalue weighted by Gasteiger charge is 2.39. The summed E-state index contributed by atoms with van der Waals surface area (Å²) >= 11 is 7.09. The first kappa shape index (κ1) is 17.0. The van der Waals surface area contributed by atoms with Gasteiger partial charge in [-0.1, -0.05) is 13.3 Å². The average Bonchev–Trinajstić information content (AvgIpc) is 2.44. The zero-order chi connectivity index (χ0) is 15.5. The number of hydrogen-bond acceptors (Lipinski definition) is 2. The maximum atomic E-state index is 12.9. The fourth-order valence-corrected chi connectivity index (χ4v) is 4.65. The van der Waals surface area contributed by atoms with Crippen LogP contribution in [0.5, 0.6) is 0 Å². The number of benzene rings is 1. The minimum Gasteiger partial charge on any atom is -0.324 e. The van der Waals surface area contributed by atoms with E-state index in [0.717, 1.165) is 59.0 Å². The standard InChI is InChI=1S/C16H22Br2N2O/c1-3-5-16(6-4-7-19-10-16)15(21)20-14-12(17)8-11(2)9-13(14)18/h8-9,19H,3-7,10H2,1-2H3,(H,20,21). The zero-order valence-electron chi connectivity index (χ0n) is 12.6. The molecule has 1 aliphatic heterocycles. The van der Waals surface area contributed by atoms with Gasteiger partial charge in [-0.3, -0.25) is 4.79 Å². The zero-order valence-corrected chi connectivity index (χ0v) is 15.7. The molecule has 2 rings (SSSR count). The van der Waals surface area contributed by atoms with Crippen LogP contribution < -0.4 is 10.6 Å². The summed E-state index contributed by atoms with van der Waals surface area (Å²) in [5.41, 5.74) is 1.69. The molecule has 1 saturated heterocycles. The van der Waals surface area contributed by atoms with Crippen molar-refractivity contribution < 1.29 is 4.79 Å². The van der Waals surface area contributed by atoms with E-state index in [1.54, 1.807) is 0 Å². The molecule has 1 heterocycles. The summed E-state index contributed by atoms with van der Waals surface area (Å²) in [5.74, 6) is 0.127. The maximum Gasteiger partial charge on any atom is 0.231 e. The molecule has 0 bridgehead atoms. The predicted molar refractivity (Wildman–Crippen MR) is 94.7 cm³/mol. The van der Waals surface area contributed by atoms with Crippen molar-refractivity contribution in [3.63, 3.8) is 0 Å². The lowest BCUT2D eigenvalue weighted by atomic mass is 9.76. The second kappa shape index (κ2) is 7.25. The van der Waals surface area contributed by atoms with Gasteiger partial charge >= 0.3 is 0 Å². The van der Waals surface area contributed by atoms with E-state index >= 15 is 0 Å². The predicted octanol–water partition coefficient (Wildman–Crippen LogP) is 4.63. The Morgan fingerprint density at radius 3 is 2.57 bits per heavy atom. The molecule has 21 heavy (non-hydrogen) atoms. The third kappa shape index (κ3) is 3.88. The van der Waals surface area contributed by atoms with Crippen LogP contribution in [0.1, 0.15) is 38.2 Å². The molecule has 0 radical (unpaired) electrons. The molecule has 116 valence electrons. The van der Waals surface area contributed by atoms with Gasteiger partial charge in [0, 0.05) is 15.5 Å². The minimum atomic E-state index is -0.281. The summed E-state index contributed by atoms with van der Waals surface area (Å²) in [5, 5.41) is 6.51. The van der Waals surface area contributed by atoms with Crippen molar-refractivity contribution in [2.24, 2.45) is 5.41 Å². The van der Waals surface area contributed by atoms with E-state index < -0.39 is 0 Å². The van der Waals surface area contributed by atoms with E-state index in [1.165, 1.54) is 0 Å². The summed E-state index contributed by atoms with van der Waals surface area (Å²) in [6, 6.07) is 4.04. The molecular weight excluding hydrogens is 396 g/mol. The highest BCUT2D eigenvalue weighted by atomic mass is 79.9. The first-order valence-corrected chi connectivity index (χ1v) is 9.05. The fraction of sp³-hybridized carbons (Fsp3) is 0.562. The number of amides is 1. The highest BCUT2D eigenvalue weighted by molar-refractivity contribution is 9.11. The van der Waals surface area contributed by atoms with Crippen LogP contribution in [0.4, 0.5) is 5.69 Å². The van der Waals surface area contributed by atoms with Gasteiger partial charge in [-0.05, 0) is 82.3 Å². The van der Waals surface area contributed by atoms with Gasteiger partial charge < -0.3 is 10.6 Å². The van der Waals surface area contributed by atoms with Crippen LogP contribution >= 0.6 is 31.9 Å². The molecular formula is C16H22Br2N2O. The molecule has 1 unspecified atom stereocenters. The van der Waals surface area contributed by atoms with Gasteiger partial charge in [0.1, 0.15) is 0 Å².